The van der Waals surface area contributed by atoms with Crippen molar-refractivity contribution in [1.82, 2.24) is 19.5 Å². The molecule has 29 heavy (non-hydrogen) atoms. The third kappa shape index (κ3) is 3.03. The Morgan fingerprint density at radius 1 is 1.21 bits per heavy atom. The standard InChI is InChI=1S/C21H21F2N5O/c1-12-5-6-13(25-21(29)27-14-3-2-4-15(27)10-14)9-17(12)20-24-11-16-7-8-18(19(22)23)28(16)26-20/h5-9,11,14-15,19H,2-4,10H2,1H3,(H,25,29). The number of halogens is 2. The van der Waals surface area contributed by atoms with Crippen LogP contribution in [0.3, 0.4) is 0 Å². The lowest BCUT2D eigenvalue weighted by molar-refractivity contribution is 0.0173. The second-order valence-electron chi connectivity index (χ2n) is 7.82. The summed E-state index contributed by atoms with van der Waals surface area (Å²) in [6.07, 6.45) is 3.33. The first kappa shape index (κ1) is 18.0. The quantitative estimate of drug-likeness (QED) is 0.690. The molecule has 0 saturated carbocycles. The Hall–Kier alpha value is -3.03. The highest BCUT2D eigenvalue weighted by molar-refractivity contribution is 5.91. The average molecular weight is 397 g/mol. The van der Waals surface area contributed by atoms with Crippen LogP contribution in [0.25, 0.3) is 16.9 Å². The van der Waals surface area contributed by atoms with Crippen molar-refractivity contribution in [1.29, 1.82) is 0 Å². The molecule has 0 radical (unpaired) electrons. The predicted octanol–water partition coefficient (Wildman–Crippen LogP) is 4.80. The Morgan fingerprint density at radius 2 is 2.00 bits per heavy atom. The number of nitrogens with zero attached hydrogens (tertiary/aromatic N) is 4. The van der Waals surface area contributed by atoms with Crippen molar-refractivity contribution in [3.05, 3.63) is 47.8 Å². The number of piperidine rings is 1. The van der Waals surface area contributed by atoms with Crippen LogP contribution in [0, 0.1) is 6.92 Å². The molecule has 0 aliphatic carbocycles. The van der Waals surface area contributed by atoms with Crippen LogP contribution < -0.4 is 5.32 Å². The van der Waals surface area contributed by atoms with Gasteiger partial charge in [0.05, 0.1) is 11.7 Å². The Morgan fingerprint density at radius 3 is 2.72 bits per heavy atom. The van der Waals surface area contributed by atoms with Gasteiger partial charge in [0.2, 0.25) is 0 Å². The minimum absolute atomic E-state index is 0.0810. The summed E-state index contributed by atoms with van der Waals surface area (Å²) in [5.74, 6) is 0.338. The van der Waals surface area contributed by atoms with Crippen molar-refractivity contribution in [2.45, 2.75) is 51.1 Å². The molecular weight excluding hydrogens is 376 g/mol. The number of carbonyl (C=O) groups is 1. The minimum Gasteiger partial charge on any atom is -0.318 e. The number of hydrogen-bond acceptors (Lipinski definition) is 3. The van der Waals surface area contributed by atoms with Crippen molar-refractivity contribution in [3.8, 4) is 11.4 Å². The molecule has 2 atom stereocenters. The van der Waals surface area contributed by atoms with Gasteiger partial charge in [0, 0.05) is 23.3 Å². The Bertz CT molecular complexity index is 1080. The fourth-order valence-electron chi connectivity index (χ4n) is 4.48. The largest absolute Gasteiger partial charge is 0.322 e. The fraction of sp³-hybridized carbons (Fsp3) is 0.381. The number of alkyl halides is 2. The van der Waals surface area contributed by atoms with Crippen molar-refractivity contribution >= 4 is 17.2 Å². The number of hydrogen-bond donors (Lipinski definition) is 1. The first-order chi connectivity index (χ1) is 14.0. The molecule has 1 N–H and O–H groups in total. The maximum absolute atomic E-state index is 13.2. The Kier molecular flexibility index (Phi) is 4.22. The van der Waals surface area contributed by atoms with Crippen LogP contribution in [0.2, 0.25) is 0 Å². The van der Waals surface area contributed by atoms with E-state index in [1.807, 2.05) is 24.0 Å². The Labute approximate surface area is 166 Å². The van der Waals surface area contributed by atoms with E-state index in [0.29, 0.717) is 34.7 Å². The number of carbonyl (C=O) groups excluding carboxylic acids is 1. The summed E-state index contributed by atoms with van der Waals surface area (Å²) in [4.78, 5) is 19.0. The lowest BCUT2D eigenvalue weighted by atomic mass is 9.80. The molecule has 3 aromatic rings. The summed E-state index contributed by atoms with van der Waals surface area (Å²) in [5.41, 5.74) is 2.58. The zero-order chi connectivity index (χ0) is 20.1. The van der Waals surface area contributed by atoms with E-state index in [4.69, 9.17) is 0 Å². The van der Waals surface area contributed by atoms with Gasteiger partial charge in [0.25, 0.3) is 6.43 Å². The zero-order valence-corrected chi connectivity index (χ0v) is 16.0. The monoisotopic (exact) mass is 397 g/mol. The van der Waals surface area contributed by atoms with E-state index in [-0.39, 0.29) is 11.7 Å². The third-order valence-corrected chi connectivity index (χ3v) is 6.02. The van der Waals surface area contributed by atoms with Gasteiger partial charge in [0.15, 0.2) is 5.82 Å². The van der Waals surface area contributed by atoms with Gasteiger partial charge in [-0.1, -0.05) is 6.07 Å². The molecular formula is C21H21F2N5O. The lowest BCUT2D eigenvalue weighted by Gasteiger charge is -2.52. The summed E-state index contributed by atoms with van der Waals surface area (Å²) in [6, 6.07) is 9.06. The van der Waals surface area contributed by atoms with Crippen LogP contribution in [0.15, 0.2) is 36.5 Å². The molecule has 2 unspecified atom stereocenters. The van der Waals surface area contributed by atoms with Crippen molar-refractivity contribution in [2.75, 3.05) is 5.32 Å². The van der Waals surface area contributed by atoms with Crippen LogP contribution in [0.4, 0.5) is 19.3 Å². The average Bonchev–Trinajstić information content (AvgIpc) is 3.13. The summed E-state index contributed by atoms with van der Waals surface area (Å²) in [7, 11) is 0. The van der Waals surface area contributed by atoms with Crippen LogP contribution in [-0.2, 0) is 0 Å². The number of fused-ring (bicyclic) bond motifs is 3. The molecule has 6 nitrogen and oxygen atoms in total. The number of urea groups is 1. The number of aryl methyl sites for hydroxylation is 1. The topological polar surface area (TPSA) is 62.5 Å². The molecule has 4 heterocycles. The van der Waals surface area contributed by atoms with Crippen molar-refractivity contribution < 1.29 is 13.6 Å². The molecule has 5 rings (SSSR count). The molecule has 0 spiro atoms. The van der Waals surface area contributed by atoms with Crippen molar-refractivity contribution in [3.63, 3.8) is 0 Å². The van der Waals surface area contributed by atoms with Gasteiger partial charge in [-0.3, -0.25) is 0 Å². The molecule has 2 amide bonds. The molecule has 2 fully saturated rings. The van der Waals surface area contributed by atoms with E-state index in [0.717, 1.165) is 24.8 Å². The van der Waals surface area contributed by atoms with Gasteiger partial charge in [-0.05, 0) is 62.4 Å². The van der Waals surface area contributed by atoms with E-state index in [9.17, 15) is 13.6 Å². The normalized spacial score (nSPS) is 20.8. The first-order valence-electron chi connectivity index (χ1n) is 9.84. The smallest absolute Gasteiger partial charge is 0.318 e. The number of anilines is 1. The summed E-state index contributed by atoms with van der Waals surface area (Å²) in [5, 5.41) is 7.30. The van der Waals surface area contributed by atoms with Crippen LogP contribution in [-0.4, -0.2) is 37.6 Å². The van der Waals surface area contributed by atoms with E-state index in [2.05, 4.69) is 15.4 Å². The van der Waals surface area contributed by atoms with Crippen LogP contribution >= 0.6 is 0 Å². The van der Waals surface area contributed by atoms with Gasteiger partial charge in [-0.2, -0.15) is 0 Å². The van der Waals surface area contributed by atoms with Gasteiger partial charge in [-0.25, -0.2) is 23.1 Å². The number of aromatic nitrogens is 3. The van der Waals surface area contributed by atoms with Crippen molar-refractivity contribution in [2.24, 2.45) is 0 Å². The lowest BCUT2D eigenvalue weighted by Crippen LogP contribution is -2.62. The highest BCUT2D eigenvalue weighted by Crippen LogP contribution is 2.38. The first-order valence-corrected chi connectivity index (χ1v) is 9.84. The minimum atomic E-state index is -2.62. The number of benzene rings is 1. The number of nitrogens with one attached hydrogen (secondary N) is 1. The third-order valence-electron chi connectivity index (χ3n) is 6.02. The number of amides is 2. The van der Waals surface area contributed by atoms with Crippen LogP contribution in [0.1, 0.15) is 43.4 Å². The fourth-order valence-corrected chi connectivity index (χ4v) is 4.48. The SMILES string of the molecule is Cc1ccc(NC(=O)N2C3CCCC2C3)cc1-c1ncc2ccc(C(F)F)n2n1. The highest BCUT2D eigenvalue weighted by Gasteiger charge is 2.44. The van der Waals surface area contributed by atoms with E-state index in [1.54, 1.807) is 12.1 Å². The van der Waals surface area contributed by atoms with Gasteiger partial charge >= 0.3 is 6.03 Å². The molecule has 2 aliphatic rings. The maximum atomic E-state index is 13.2. The highest BCUT2D eigenvalue weighted by atomic mass is 19.3. The van der Waals surface area contributed by atoms with E-state index >= 15 is 0 Å². The molecule has 2 saturated heterocycles. The van der Waals surface area contributed by atoms with Gasteiger partial charge in [0.1, 0.15) is 5.69 Å². The molecule has 8 heteroatoms. The van der Waals surface area contributed by atoms with E-state index in [1.165, 1.54) is 23.2 Å². The van der Waals surface area contributed by atoms with Crippen LogP contribution in [0.5, 0.6) is 0 Å². The molecule has 2 aromatic heterocycles. The van der Waals surface area contributed by atoms with Gasteiger partial charge < -0.3 is 10.2 Å². The second-order valence-corrected chi connectivity index (χ2v) is 7.82. The second kappa shape index (κ2) is 6.79. The molecule has 1 aromatic carbocycles. The molecule has 150 valence electrons. The zero-order valence-electron chi connectivity index (χ0n) is 16.0. The Balaban J connectivity index is 1.44. The number of rotatable bonds is 3. The molecule has 2 bridgehead atoms. The van der Waals surface area contributed by atoms with Gasteiger partial charge in [-0.15, -0.1) is 5.10 Å². The summed E-state index contributed by atoms with van der Waals surface area (Å²) >= 11 is 0. The maximum Gasteiger partial charge on any atom is 0.322 e. The molecule has 2 aliphatic heterocycles. The summed E-state index contributed by atoms with van der Waals surface area (Å²) < 4.78 is 27.7. The predicted molar refractivity (Wildman–Crippen MR) is 105 cm³/mol. The summed E-state index contributed by atoms with van der Waals surface area (Å²) in [6.45, 7) is 1.90. The van der Waals surface area contributed by atoms with E-state index < -0.39 is 6.43 Å².